The number of carboxylic acids is 1. The number of aliphatic carboxylic acids is 1. The number of unbranched alkanes of at least 4 members (excludes halogenated alkanes) is 3. The Morgan fingerprint density at radius 2 is 2.04 bits per heavy atom. The monoisotopic (exact) mass is 362 g/mol. The summed E-state index contributed by atoms with van der Waals surface area (Å²) in [5.74, 6) is -0.730. The molecule has 0 radical (unpaired) electrons. The van der Waals surface area contributed by atoms with Crippen LogP contribution in [0.4, 0.5) is 0 Å². The topological polar surface area (TPSA) is 74.6 Å². The number of ketones is 1. The molecule has 0 heterocycles. The van der Waals surface area contributed by atoms with Gasteiger partial charge in [0, 0.05) is 24.7 Å². The molecule has 2 N–H and O–H groups in total. The van der Waals surface area contributed by atoms with Crippen LogP contribution in [0.15, 0.2) is 36.5 Å². The van der Waals surface area contributed by atoms with Crippen LogP contribution in [0.25, 0.3) is 0 Å². The van der Waals surface area contributed by atoms with E-state index in [1.165, 1.54) is 0 Å². The van der Waals surface area contributed by atoms with Crippen LogP contribution in [0.3, 0.4) is 0 Å². The summed E-state index contributed by atoms with van der Waals surface area (Å²) in [5.41, 5.74) is 0.0677. The summed E-state index contributed by atoms with van der Waals surface area (Å²) in [4.78, 5) is 22.8. The van der Waals surface area contributed by atoms with Crippen LogP contribution in [-0.4, -0.2) is 27.6 Å². The molecule has 1 fully saturated rings. The Kier molecular flexibility index (Phi) is 9.57. The highest BCUT2D eigenvalue weighted by Crippen LogP contribution is 2.37. The van der Waals surface area contributed by atoms with E-state index in [1.807, 2.05) is 31.2 Å². The lowest BCUT2D eigenvalue weighted by Gasteiger charge is -2.21. The van der Waals surface area contributed by atoms with E-state index in [0.717, 1.165) is 31.3 Å². The number of rotatable bonds is 12. The van der Waals surface area contributed by atoms with Crippen molar-refractivity contribution in [3.63, 3.8) is 0 Å². The summed E-state index contributed by atoms with van der Waals surface area (Å²) >= 11 is 0. The minimum Gasteiger partial charge on any atom is -0.481 e. The summed E-state index contributed by atoms with van der Waals surface area (Å²) in [6.07, 6.45) is 14.2. The molecule has 3 atom stereocenters. The molecule has 0 aromatic rings. The summed E-state index contributed by atoms with van der Waals surface area (Å²) in [7, 11) is 0. The SMILES string of the molecule is C=C1CC(=O)[C@H](CC=CCCCC(=O)O)[C@H]1C=CC(C)(O)CCCCC. The van der Waals surface area contributed by atoms with E-state index in [1.54, 1.807) is 0 Å². The molecule has 0 bridgehead atoms. The number of aliphatic hydroxyl groups is 1. The van der Waals surface area contributed by atoms with Gasteiger partial charge in [-0.3, -0.25) is 9.59 Å². The summed E-state index contributed by atoms with van der Waals surface area (Å²) in [5, 5.41) is 19.1. The van der Waals surface area contributed by atoms with Gasteiger partial charge in [-0.15, -0.1) is 0 Å². The Hall–Kier alpha value is -1.68. The van der Waals surface area contributed by atoms with Crippen molar-refractivity contribution in [2.24, 2.45) is 11.8 Å². The van der Waals surface area contributed by atoms with Gasteiger partial charge in [0.05, 0.1) is 5.60 Å². The Morgan fingerprint density at radius 1 is 1.31 bits per heavy atom. The number of carbonyl (C=O) groups is 2. The van der Waals surface area contributed by atoms with Gasteiger partial charge in [-0.2, -0.15) is 0 Å². The maximum atomic E-state index is 12.3. The van der Waals surface area contributed by atoms with Gasteiger partial charge in [-0.05, 0) is 32.6 Å². The maximum Gasteiger partial charge on any atom is 0.303 e. The molecule has 0 spiro atoms. The Labute approximate surface area is 157 Å². The molecule has 1 rings (SSSR count). The molecule has 146 valence electrons. The van der Waals surface area contributed by atoms with Gasteiger partial charge in [0.2, 0.25) is 0 Å². The van der Waals surface area contributed by atoms with E-state index in [2.05, 4.69) is 13.5 Å². The van der Waals surface area contributed by atoms with E-state index in [9.17, 15) is 14.7 Å². The normalized spacial score (nSPS) is 23.2. The zero-order valence-electron chi connectivity index (χ0n) is 16.2. The molecule has 4 heteroatoms. The van der Waals surface area contributed by atoms with Gasteiger partial charge < -0.3 is 10.2 Å². The second kappa shape index (κ2) is 11.1. The standard InChI is InChI=1S/C22H34O4/c1-4-5-10-14-22(3,26)15-13-18-17(2)16-20(23)19(18)11-8-6-7-9-12-21(24)25/h6,8,13,15,18-19,26H,2,4-5,7,9-12,14,16H2,1,3H3,(H,24,25)/t18-,19+,22?/m0/s1. The van der Waals surface area contributed by atoms with Crippen LogP contribution in [0.1, 0.15) is 71.6 Å². The first kappa shape index (κ1) is 22.4. The molecule has 1 aliphatic rings. The average Bonchev–Trinajstić information content (AvgIpc) is 2.82. The number of carbonyl (C=O) groups excluding carboxylic acids is 1. The van der Waals surface area contributed by atoms with Crippen molar-refractivity contribution >= 4 is 11.8 Å². The summed E-state index contributed by atoms with van der Waals surface area (Å²) in [6, 6.07) is 0. The summed E-state index contributed by atoms with van der Waals surface area (Å²) < 4.78 is 0. The van der Waals surface area contributed by atoms with E-state index in [-0.39, 0.29) is 24.0 Å². The van der Waals surface area contributed by atoms with Crippen molar-refractivity contribution in [1.29, 1.82) is 0 Å². The van der Waals surface area contributed by atoms with Crippen molar-refractivity contribution < 1.29 is 19.8 Å². The largest absolute Gasteiger partial charge is 0.481 e. The second-order valence-electron chi connectivity index (χ2n) is 7.60. The Bertz CT molecular complexity index is 542. The van der Waals surface area contributed by atoms with Crippen molar-refractivity contribution in [3.8, 4) is 0 Å². The molecule has 4 nitrogen and oxygen atoms in total. The van der Waals surface area contributed by atoms with Crippen LogP contribution < -0.4 is 0 Å². The number of hydrogen-bond acceptors (Lipinski definition) is 3. The summed E-state index contributed by atoms with van der Waals surface area (Å²) in [6.45, 7) is 8.00. The van der Waals surface area contributed by atoms with E-state index in [4.69, 9.17) is 5.11 Å². The van der Waals surface area contributed by atoms with Gasteiger partial charge in [-0.25, -0.2) is 0 Å². The van der Waals surface area contributed by atoms with Crippen LogP contribution >= 0.6 is 0 Å². The van der Waals surface area contributed by atoms with Crippen molar-refractivity contribution in [2.45, 2.75) is 77.2 Å². The molecule has 0 aromatic carbocycles. The average molecular weight is 363 g/mol. The Balaban J connectivity index is 2.59. The van der Waals surface area contributed by atoms with Crippen molar-refractivity contribution in [2.75, 3.05) is 0 Å². The van der Waals surface area contributed by atoms with Gasteiger partial charge >= 0.3 is 5.97 Å². The lowest BCUT2D eigenvalue weighted by molar-refractivity contribution is -0.137. The molecule has 1 unspecified atom stereocenters. The first-order chi connectivity index (χ1) is 12.3. The van der Waals surface area contributed by atoms with Crippen LogP contribution in [0.2, 0.25) is 0 Å². The fraction of sp³-hybridized carbons (Fsp3) is 0.636. The quantitative estimate of drug-likeness (QED) is 0.385. The molecule has 1 aliphatic carbocycles. The third kappa shape index (κ3) is 8.13. The molecule has 0 aliphatic heterocycles. The fourth-order valence-electron chi connectivity index (χ4n) is 3.36. The van der Waals surface area contributed by atoms with E-state index < -0.39 is 11.6 Å². The zero-order chi connectivity index (χ0) is 19.6. The first-order valence-corrected chi connectivity index (χ1v) is 9.75. The fourth-order valence-corrected chi connectivity index (χ4v) is 3.36. The molecule has 0 aromatic heterocycles. The van der Waals surface area contributed by atoms with Gasteiger partial charge in [0.25, 0.3) is 0 Å². The minimum absolute atomic E-state index is 0.0242. The highest BCUT2D eigenvalue weighted by Gasteiger charge is 2.35. The molecule has 26 heavy (non-hydrogen) atoms. The van der Waals surface area contributed by atoms with Crippen LogP contribution in [0, 0.1) is 11.8 Å². The Morgan fingerprint density at radius 3 is 2.69 bits per heavy atom. The minimum atomic E-state index is -0.849. The zero-order valence-corrected chi connectivity index (χ0v) is 16.2. The lowest BCUT2D eigenvalue weighted by Crippen LogP contribution is -2.21. The highest BCUT2D eigenvalue weighted by molar-refractivity contribution is 5.87. The predicted octanol–water partition coefficient (Wildman–Crippen LogP) is 4.84. The maximum absolute atomic E-state index is 12.3. The second-order valence-corrected chi connectivity index (χ2v) is 7.60. The van der Waals surface area contributed by atoms with Gasteiger partial charge in [0.1, 0.15) is 5.78 Å². The predicted molar refractivity (Wildman–Crippen MR) is 105 cm³/mol. The number of allylic oxidation sites excluding steroid dienone is 4. The van der Waals surface area contributed by atoms with Crippen LogP contribution in [0.5, 0.6) is 0 Å². The molecule has 0 saturated heterocycles. The van der Waals surface area contributed by atoms with Crippen molar-refractivity contribution in [1.82, 2.24) is 0 Å². The number of carboxylic acid groups (broad SMARTS) is 1. The van der Waals surface area contributed by atoms with Crippen molar-refractivity contribution in [3.05, 3.63) is 36.5 Å². The number of Topliss-reactive ketones (excluding diaryl/α,β-unsaturated/α-hetero) is 1. The van der Waals surface area contributed by atoms with Gasteiger partial charge in [-0.1, -0.05) is 62.6 Å². The lowest BCUT2D eigenvalue weighted by atomic mass is 9.88. The molecular formula is C22H34O4. The van der Waals surface area contributed by atoms with Gasteiger partial charge in [0.15, 0.2) is 0 Å². The molecular weight excluding hydrogens is 328 g/mol. The molecule has 0 amide bonds. The third-order valence-electron chi connectivity index (χ3n) is 4.99. The third-order valence-corrected chi connectivity index (χ3v) is 4.99. The van der Waals surface area contributed by atoms with E-state index in [0.29, 0.717) is 25.7 Å². The number of hydrogen-bond donors (Lipinski definition) is 2. The first-order valence-electron chi connectivity index (χ1n) is 9.75. The molecule has 1 saturated carbocycles. The smallest absolute Gasteiger partial charge is 0.303 e. The highest BCUT2D eigenvalue weighted by atomic mass is 16.4. The van der Waals surface area contributed by atoms with E-state index >= 15 is 0 Å². The van der Waals surface area contributed by atoms with Crippen LogP contribution in [-0.2, 0) is 9.59 Å².